The topological polar surface area (TPSA) is 24.1 Å². The first-order chi connectivity index (χ1) is 12.5. The van der Waals surface area contributed by atoms with Crippen LogP contribution in [0.4, 0.5) is 5.69 Å². The average Bonchev–Trinajstić information content (AvgIpc) is 2.64. The van der Waals surface area contributed by atoms with Gasteiger partial charge in [-0.05, 0) is 61.0 Å². The largest absolute Gasteiger partial charge is 0.352 e. The summed E-state index contributed by atoms with van der Waals surface area (Å²) in [6, 6.07) is 25.0. The van der Waals surface area contributed by atoms with E-state index in [2.05, 4.69) is 82.9 Å². The van der Waals surface area contributed by atoms with Crippen molar-refractivity contribution < 1.29 is 0 Å². The zero-order valence-electron chi connectivity index (χ0n) is 14.8. The lowest BCUT2D eigenvalue weighted by molar-refractivity contribution is 0.768. The summed E-state index contributed by atoms with van der Waals surface area (Å²) in [4.78, 5) is 0. The maximum Gasteiger partial charge on any atom is 0.171 e. The second-order valence-electron chi connectivity index (χ2n) is 6.32. The van der Waals surface area contributed by atoms with E-state index in [0.717, 1.165) is 15.7 Å². The van der Waals surface area contributed by atoms with Crippen molar-refractivity contribution in [2.75, 3.05) is 5.32 Å². The third-order valence-corrected chi connectivity index (χ3v) is 5.34. The van der Waals surface area contributed by atoms with Gasteiger partial charge in [-0.1, -0.05) is 76.1 Å². The molecule has 3 aromatic carbocycles. The van der Waals surface area contributed by atoms with Crippen molar-refractivity contribution in [2.45, 2.75) is 19.9 Å². The van der Waals surface area contributed by atoms with Crippen LogP contribution in [0.15, 0.2) is 77.3 Å². The molecule has 0 heterocycles. The maximum absolute atomic E-state index is 5.58. The van der Waals surface area contributed by atoms with E-state index in [0.29, 0.717) is 5.11 Å². The van der Waals surface area contributed by atoms with Crippen molar-refractivity contribution in [3.63, 3.8) is 0 Å². The summed E-state index contributed by atoms with van der Waals surface area (Å²) in [5, 5.41) is 7.35. The Morgan fingerprint density at radius 3 is 2.19 bits per heavy atom. The molecule has 0 saturated carbocycles. The molecule has 2 nitrogen and oxygen atoms in total. The normalized spacial score (nSPS) is 11.7. The fraction of sp³-hybridized carbons (Fsp3) is 0.136. The van der Waals surface area contributed by atoms with Crippen molar-refractivity contribution in [3.05, 3.63) is 99.5 Å². The maximum atomic E-state index is 5.58. The van der Waals surface area contributed by atoms with E-state index in [-0.39, 0.29) is 6.04 Å². The highest BCUT2D eigenvalue weighted by Gasteiger charge is 2.15. The molecule has 0 aliphatic carbocycles. The van der Waals surface area contributed by atoms with Crippen LogP contribution < -0.4 is 10.6 Å². The van der Waals surface area contributed by atoms with Crippen molar-refractivity contribution >= 4 is 38.9 Å². The quantitative estimate of drug-likeness (QED) is 0.491. The highest BCUT2D eigenvalue weighted by molar-refractivity contribution is 9.10. The van der Waals surface area contributed by atoms with Crippen LogP contribution >= 0.6 is 28.1 Å². The van der Waals surface area contributed by atoms with E-state index in [1.165, 1.54) is 16.7 Å². The Kier molecular flexibility index (Phi) is 6.07. The molecule has 3 aromatic rings. The lowest BCUT2D eigenvalue weighted by Gasteiger charge is -2.22. The summed E-state index contributed by atoms with van der Waals surface area (Å²) in [5.74, 6) is 0. The van der Waals surface area contributed by atoms with Crippen LogP contribution in [0.5, 0.6) is 0 Å². The molecule has 1 atom stereocenters. The third-order valence-electron chi connectivity index (χ3n) is 4.23. The molecule has 0 spiro atoms. The Balaban J connectivity index is 1.82. The van der Waals surface area contributed by atoms with Gasteiger partial charge in [0, 0.05) is 10.2 Å². The molecule has 4 heteroatoms. The van der Waals surface area contributed by atoms with Crippen LogP contribution in [-0.4, -0.2) is 5.11 Å². The van der Waals surface area contributed by atoms with Crippen LogP contribution in [0.1, 0.15) is 28.3 Å². The average molecular weight is 425 g/mol. The molecule has 26 heavy (non-hydrogen) atoms. The van der Waals surface area contributed by atoms with Gasteiger partial charge in [-0.3, -0.25) is 0 Å². The summed E-state index contributed by atoms with van der Waals surface area (Å²) in [6.07, 6.45) is 0. The molecule has 0 aliphatic heterocycles. The summed E-state index contributed by atoms with van der Waals surface area (Å²) >= 11 is 9.11. The number of hydrogen-bond acceptors (Lipinski definition) is 1. The molecular weight excluding hydrogens is 404 g/mol. The Bertz CT molecular complexity index is 892. The number of benzene rings is 3. The standard InChI is InChI=1S/C22H21BrN2S/c1-15-8-10-18(11-9-15)21(17-6-4-3-5-7-17)25-22(26)24-19-12-13-20(23)16(2)14-19/h3-14,21H,1-2H3,(H2,24,25,26)/t21-/m1/s1. The number of halogens is 1. The van der Waals surface area contributed by atoms with E-state index < -0.39 is 0 Å². The highest BCUT2D eigenvalue weighted by atomic mass is 79.9. The van der Waals surface area contributed by atoms with E-state index in [1.54, 1.807) is 0 Å². The number of thiocarbonyl (C=S) groups is 1. The molecule has 2 N–H and O–H groups in total. The van der Waals surface area contributed by atoms with Crippen molar-refractivity contribution in [2.24, 2.45) is 0 Å². The van der Waals surface area contributed by atoms with Gasteiger partial charge in [0.25, 0.3) is 0 Å². The van der Waals surface area contributed by atoms with Crippen molar-refractivity contribution in [3.8, 4) is 0 Å². The molecule has 0 saturated heterocycles. The fourth-order valence-corrected chi connectivity index (χ4v) is 3.27. The molecule has 0 fully saturated rings. The lowest BCUT2D eigenvalue weighted by atomic mass is 9.98. The van der Waals surface area contributed by atoms with Gasteiger partial charge in [0.2, 0.25) is 0 Å². The first kappa shape index (κ1) is 18.6. The highest BCUT2D eigenvalue weighted by Crippen LogP contribution is 2.23. The fourth-order valence-electron chi connectivity index (χ4n) is 2.78. The predicted octanol–water partition coefficient (Wildman–Crippen LogP) is 6.14. The van der Waals surface area contributed by atoms with Gasteiger partial charge in [-0.15, -0.1) is 0 Å². The number of hydrogen-bond donors (Lipinski definition) is 2. The molecule has 0 bridgehead atoms. The molecule has 0 radical (unpaired) electrons. The molecule has 0 amide bonds. The minimum absolute atomic E-state index is 0.00616. The number of aryl methyl sites for hydroxylation is 2. The monoisotopic (exact) mass is 424 g/mol. The van der Waals surface area contributed by atoms with E-state index in [4.69, 9.17) is 12.2 Å². The summed E-state index contributed by atoms with van der Waals surface area (Å²) < 4.78 is 1.09. The van der Waals surface area contributed by atoms with Crippen molar-refractivity contribution in [1.29, 1.82) is 0 Å². The molecule has 0 aromatic heterocycles. The second kappa shape index (κ2) is 8.47. The van der Waals surface area contributed by atoms with Gasteiger partial charge in [0.05, 0.1) is 6.04 Å². The van der Waals surface area contributed by atoms with Crippen LogP contribution in [0.2, 0.25) is 0 Å². The van der Waals surface area contributed by atoms with Crippen LogP contribution in [-0.2, 0) is 0 Å². The van der Waals surface area contributed by atoms with Gasteiger partial charge in [0.1, 0.15) is 0 Å². The number of rotatable bonds is 4. The third kappa shape index (κ3) is 4.71. The first-order valence-corrected chi connectivity index (χ1v) is 9.68. The lowest BCUT2D eigenvalue weighted by Crippen LogP contribution is -2.33. The summed E-state index contributed by atoms with van der Waals surface area (Å²) in [5.41, 5.74) is 5.73. The van der Waals surface area contributed by atoms with Gasteiger partial charge >= 0.3 is 0 Å². The Morgan fingerprint density at radius 2 is 1.54 bits per heavy atom. The van der Waals surface area contributed by atoms with Gasteiger partial charge in [-0.25, -0.2) is 0 Å². The molecule has 0 unspecified atom stereocenters. The Morgan fingerprint density at radius 1 is 0.885 bits per heavy atom. The number of anilines is 1. The molecular formula is C22H21BrN2S. The Labute approximate surface area is 168 Å². The van der Waals surface area contributed by atoms with Gasteiger partial charge < -0.3 is 10.6 Å². The molecule has 132 valence electrons. The minimum atomic E-state index is -0.00616. The van der Waals surface area contributed by atoms with Gasteiger partial charge in [0.15, 0.2) is 5.11 Å². The molecule has 3 rings (SSSR count). The zero-order chi connectivity index (χ0) is 18.5. The van der Waals surface area contributed by atoms with E-state index >= 15 is 0 Å². The summed E-state index contributed by atoms with van der Waals surface area (Å²) in [6.45, 7) is 4.15. The molecule has 0 aliphatic rings. The minimum Gasteiger partial charge on any atom is -0.352 e. The predicted molar refractivity (Wildman–Crippen MR) is 118 cm³/mol. The summed E-state index contributed by atoms with van der Waals surface area (Å²) in [7, 11) is 0. The van der Waals surface area contributed by atoms with Crippen LogP contribution in [0.3, 0.4) is 0 Å². The Hall–Kier alpha value is -2.17. The smallest absolute Gasteiger partial charge is 0.171 e. The van der Waals surface area contributed by atoms with Gasteiger partial charge in [-0.2, -0.15) is 0 Å². The van der Waals surface area contributed by atoms with E-state index in [1.807, 2.05) is 30.3 Å². The number of nitrogens with one attached hydrogen (secondary N) is 2. The van der Waals surface area contributed by atoms with Crippen LogP contribution in [0, 0.1) is 13.8 Å². The van der Waals surface area contributed by atoms with Crippen LogP contribution in [0.25, 0.3) is 0 Å². The second-order valence-corrected chi connectivity index (χ2v) is 7.58. The van der Waals surface area contributed by atoms with Crippen molar-refractivity contribution in [1.82, 2.24) is 5.32 Å². The van der Waals surface area contributed by atoms with E-state index in [9.17, 15) is 0 Å². The zero-order valence-corrected chi connectivity index (χ0v) is 17.2. The first-order valence-electron chi connectivity index (χ1n) is 8.48. The SMILES string of the molecule is Cc1ccc([C@H](NC(=S)Nc2ccc(Br)c(C)c2)c2ccccc2)cc1.